The fourth-order valence-electron chi connectivity index (χ4n) is 1.41. The van der Waals surface area contributed by atoms with E-state index in [-0.39, 0.29) is 11.0 Å². The van der Waals surface area contributed by atoms with Gasteiger partial charge in [0.05, 0.1) is 10.5 Å². The van der Waals surface area contributed by atoms with Crippen LogP contribution in [-0.2, 0) is 16.2 Å². The molecule has 1 aromatic carbocycles. The van der Waals surface area contributed by atoms with Crippen LogP contribution in [-0.4, -0.2) is 18.6 Å². The van der Waals surface area contributed by atoms with E-state index in [4.69, 9.17) is 11.6 Å². The molecule has 5 nitrogen and oxygen atoms in total. The van der Waals surface area contributed by atoms with E-state index < -0.39 is 26.7 Å². The van der Waals surface area contributed by atoms with E-state index in [0.717, 1.165) is 18.2 Å². The van der Waals surface area contributed by atoms with E-state index in [1.807, 2.05) is 4.72 Å². The van der Waals surface area contributed by atoms with Gasteiger partial charge in [0.1, 0.15) is 0 Å². The summed E-state index contributed by atoms with van der Waals surface area (Å²) in [5.74, 6) is -0.156. The molecule has 0 saturated carbocycles. The number of hydrogen-bond donors (Lipinski definition) is 1. The van der Waals surface area contributed by atoms with E-state index in [9.17, 15) is 21.6 Å². The first kappa shape index (κ1) is 15.5. The van der Waals surface area contributed by atoms with Gasteiger partial charge in [-0.2, -0.15) is 13.2 Å². The number of benzene rings is 1. The van der Waals surface area contributed by atoms with Crippen LogP contribution in [0.15, 0.2) is 41.3 Å². The molecule has 0 saturated heterocycles. The summed E-state index contributed by atoms with van der Waals surface area (Å²) in [5, 5.41) is 6.94. The van der Waals surface area contributed by atoms with Crippen LogP contribution >= 0.6 is 11.6 Å². The summed E-state index contributed by atoms with van der Waals surface area (Å²) in [4.78, 5) is -0.533. The number of sulfonamides is 1. The van der Waals surface area contributed by atoms with Gasteiger partial charge in [0.2, 0.25) is 0 Å². The highest BCUT2D eigenvalue weighted by molar-refractivity contribution is 7.92. The minimum absolute atomic E-state index is 0.0528. The lowest BCUT2D eigenvalue weighted by atomic mass is 10.2. The molecule has 0 fully saturated rings. The average Bonchev–Trinajstić information content (AvgIpc) is 2.40. The molecule has 1 N–H and O–H groups in total. The Morgan fingerprint density at radius 3 is 2.38 bits per heavy atom. The zero-order valence-corrected chi connectivity index (χ0v) is 11.7. The van der Waals surface area contributed by atoms with Crippen molar-refractivity contribution < 1.29 is 21.6 Å². The fourth-order valence-corrected chi connectivity index (χ4v) is 2.55. The molecule has 2 rings (SSSR count). The van der Waals surface area contributed by atoms with Gasteiger partial charge in [-0.3, -0.25) is 4.72 Å². The lowest BCUT2D eigenvalue weighted by molar-refractivity contribution is -0.137. The number of nitrogens with zero attached hydrogens (tertiary/aromatic N) is 2. The van der Waals surface area contributed by atoms with E-state index in [1.165, 1.54) is 12.1 Å². The molecule has 0 aliphatic heterocycles. The Morgan fingerprint density at radius 2 is 1.81 bits per heavy atom. The fraction of sp³-hybridized carbons (Fsp3) is 0.0909. The van der Waals surface area contributed by atoms with Gasteiger partial charge in [0, 0.05) is 0 Å². The van der Waals surface area contributed by atoms with E-state index in [1.54, 1.807) is 0 Å². The minimum atomic E-state index is -4.63. The monoisotopic (exact) mass is 337 g/mol. The van der Waals surface area contributed by atoms with Crippen LogP contribution in [0.3, 0.4) is 0 Å². The van der Waals surface area contributed by atoms with Gasteiger partial charge in [-0.15, -0.1) is 10.2 Å². The zero-order chi connectivity index (χ0) is 15.7. The molecule has 10 heteroatoms. The van der Waals surface area contributed by atoms with Crippen molar-refractivity contribution in [1.29, 1.82) is 0 Å². The van der Waals surface area contributed by atoms with Gasteiger partial charge < -0.3 is 0 Å². The second-order valence-corrected chi connectivity index (χ2v) is 5.94. The first-order valence-corrected chi connectivity index (χ1v) is 7.24. The summed E-state index contributed by atoms with van der Waals surface area (Å²) < 4.78 is 63.7. The molecule has 0 aliphatic carbocycles. The highest BCUT2D eigenvalue weighted by Gasteiger charge is 2.31. The highest BCUT2D eigenvalue weighted by atomic mass is 35.5. The minimum Gasteiger partial charge on any atom is -0.262 e. The molecule has 2 aromatic rings. The standard InChI is InChI=1S/C11H7ClF3N3O2S/c12-9-4-5-10(17-16-9)18-21(19,20)8-3-1-2-7(6-8)11(13,14)15/h1-6H,(H,17,18). The number of hydrogen-bond acceptors (Lipinski definition) is 4. The first-order valence-electron chi connectivity index (χ1n) is 5.38. The van der Waals surface area contributed by atoms with Crippen LogP contribution in [0.1, 0.15) is 5.56 Å². The van der Waals surface area contributed by atoms with Crippen LogP contribution in [0.5, 0.6) is 0 Å². The van der Waals surface area contributed by atoms with E-state index in [2.05, 4.69) is 10.2 Å². The predicted octanol–water partition coefficient (Wildman–Crippen LogP) is 2.95. The summed E-state index contributed by atoms with van der Waals surface area (Å²) in [7, 11) is -4.20. The molecule has 0 aliphatic rings. The Morgan fingerprint density at radius 1 is 1.10 bits per heavy atom. The second-order valence-electron chi connectivity index (χ2n) is 3.87. The maximum atomic E-state index is 12.6. The smallest absolute Gasteiger partial charge is 0.262 e. The van der Waals surface area contributed by atoms with Gasteiger partial charge in [-0.05, 0) is 30.3 Å². The van der Waals surface area contributed by atoms with Crippen molar-refractivity contribution in [1.82, 2.24) is 10.2 Å². The summed E-state index contributed by atoms with van der Waals surface area (Å²) in [6.45, 7) is 0. The summed E-state index contributed by atoms with van der Waals surface area (Å²) >= 11 is 5.50. The van der Waals surface area contributed by atoms with Gasteiger partial charge in [0.15, 0.2) is 11.0 Å². The highest BCUT2D eigenvalue weighted by Crippen LogP contribution is 2.30. The Labute approximate surface area is 122 Å². The van der Waals surface area contributed by atoms with E-state index >= 15 is 0 Å². The normalized spacial score (nSPS) is 12.2. The molecule has 21 heavy (non-hydrogen) atoms. The lowest BCUT2D eigenvalue weighted by Gasteiger charge is -2.10. The molecule has 0 spiro atoms. The number of anilines is 1. The van der Waals surface area contributed by atoms with Crippen molar-refractivity contribution in [3.63, 3.8) is 0 Å². The molecule has 0 radical (unpaired) electrons. The summed E-state index contributed by atoms with van der Waals surface area (Å²) in [6.07, 6.45) is -4.63. The number of alkyl halides is 3. The first-order chi connectivity index (χ1) is 9.68. The van der Waals surface area contributed by atoms with Crippen LogP contribution < -0.4 is 4.72 Å². The molecule has 0 unspecified atom stereocenters. The SMILES string of the molecule is O=S(=O)(Nc1ccc(Cl)nn1)c1cccc(C(F)(F)F)c1. The lowest BCUT2D eigenvalue weighted by Crippen LogP contribution is -2.15. The van der Waals surface area contributed by atoms with Gasteiger partial charge in [-0.25, -0.2) is 8.42 Å². The maximum Gasteiger partial charge on any atom is 0.416 e. The number of nitrogens with one attached hydrogen (secondary N) is 1. The number of rotatable bonds is 3. The van der Waals surface area contributed by atoms with Crippen molar-refractivity contribution in [3.8, 4) is 0 Å². The average molecular weight is 338 g/mol. The predicted molar refractivity (Wildman–Crippen MR) is 69.3 cm³/mol. The third-order valence-corrected chi connectivity index (χ3v) is 3.90. The summed E-state index contributed by atoms with van der Waals surface area (Å²) in [6, 6.07) is 5.89. The van der Waals surface area contributed by atoms with Crippen molar-refractivity contribution >= 4 is 27.4 Å². The van der Waals surface area contributed by atoms with Crippen molar-refractivity contribution in [2.45, 2.75) is 11.1 Å². The molecule has 0 amide bonds. The van der Waals surface area contributed by atoms with Gasteiger partial charge in [-0.1, -0.05) is 17.7 Å². The summed E-state index contributed by atoms with van der Waals surface area (Å²) in [5.41, 5.74) is -1.06. The molecule has 0 bridgehead atoms. The molecule has 1 heterocycles. The van der Waals surface area contributed by atoms with Crippen LogP contribution in [0.4, 0.5) is 19.0 Å². The topological polar surface area (TPSA) is 72.0 Å². The third kappa shape index (κ3) is 3.82. The molecular formula is C11H7ClF3N3O2S. The van der Waals surface area contributed by atoms with Gasteiger partial charge >= 0.3 is 6.18 Å². The Kier molecular flexibility index (Phi) is 4.06. The number of halogens is 4. The maximum absolute atomic E-state index is 12.6. The van der Waals surface area contributed by atoms with Crippen LogP contribution in [0, 0.1) is 0 Å². The molecule has 0 atom stereocenters. The molecule has 112 valence electrons. The number of aromatic nitrogens is 2. The van der Waals surface area contributed by atoms with Crippen LogP contribution in [0.2, 0.25) is 5.15 Å². The quantitative estimate of drug-likeness (QED) is 0.934. The second kappa shape index (κ2) is 5.49. The van der Waals surface area contributed by atoms with E-state index in [0.29, 0.717) is 6.07 Å². The molecular weight excluding hydrogens is 331 g/mol. The zero-order valence-electron chi connectivity index (χ0n) is 10.1. The van der Waals surface area contributed by atoms with Crippen molar-refractivity contribution in [2.75, 3.05) is 4.72 Å². The van der Waals surface area contributed by atoms with Crippen LogP contribution in [0.25, 0.3) is 0 Å². The van der Waals surface area contributed by atoms with Gasteiger partial charge in [0.25, 0.3) is 10.0 Å². The molecule has 1 aromatic heterocycles. The van der Waals surface area contributed by atoms with Crippen molar-refractivity contribution in [2.24, 2.45) is 0 Å². The van der Waals surface area contributed by atoms with Crippen molar-refractivity contribution in [3.05, 3.63) is 47.1 Å². The Balaban J connectivity index is 2.34. The third-order valence-electron chi connectivity index (χ3n) is 2.34. The largest absolute Gasteiger partial charge is 0.416 e. The Bertz CT molecular complexity index is 748. The Hall–Kier alpha value is -1.87.